The Morgan fingerprint density at radius 2 is 1.17 bits per heavy atom. The molecule has 254 valence electrons. The van der Waals surface area contributed by atoms with E-state index in [9.17, 15) is 0 Å². The molecule has 0 saturated heterocycles. The Hall–Kier alpha value is -6.56. The molecule has 0 N–H and O–H groups in total. The van der Waals surface area contributed by atoms with Gasteiger partial charge in [0.15, 0.2) is 5.82 Å². The third-order valence-corrected chi connectivity index (χ3v) is 12.9. The number of rotatable bonds is 3. The lowest BCUT2D eigenvalue weighted by atomic mass is 9.74. The van der Waals surface area contributed by atoms with Crippen LogP contribution < -0.4 is 0 Å². The molecule has 0 aliphatic carbocycles. The summed E-state index contributed by atoms with van der Waals surface area (Å²) in [6.07, 6.45) is 0. The SMILES string of the molecule is CC1(C)c2cccc(-c3nc(-c4cccc(-n5c6ccccc6c6ccccc65)c4)c4ccccc4n3)c2-n2c3c1cccc3c1sc3ccccc3c12. The summed E-state index contributed by atoms with van der Waals surface area (Å²) >= 11 is 1.89. The predicted molar refractivity (Wildman–Crippen MR) is 227 cm³/mol. The van der Waals surface area contributed by atoms with Crippen LogP contribution in [-0.2, 0) is 5.41 Å². The van der Waals surface area contributed by atoms with Gasteiger partial charge in [-0.3, -0.25) is 0 Å². The van der Waals surface area contributed by atoms with Crippen LogP contribution in [0.2, 0.25) is 0 Å². The van der Waals surface area contributed by atoms with E-state index in [1.54, 1.807) is 0 Å². The van der Waals surface area contributed by atoms with Crippen LogP contribution in [0.15, 0.2) is 158 Å². The van der Waals surface area contributed by atoms with Crippen molar-refractivity contribution in [1.29, 1.82) is 0 Å². The van der Waals surface area contributed by atoms with E-state index in [1.807, 2.05) is 11.3 Å². The first-order valence-corrected chi connectivity index (χ1v) is 19.3. The standard InChI is InChI=1S/C49H32N4S/c1-49(2)37-22-12-20-35-44(37)53(46-34-19-6-10-27-42(34)54-47(35)46)45-36(21-13-23-38(45)49)48-50-39-24-7-3-18-33(39)43(51-48)29-14-11-15-30(28-29)52-40-25-8-4-16-31(40)32-17-5-9-26-41(32)52/h3-28H,1-2H3. The number of benzene rings is 7. The second kappa shape index (κ2) is 10.8. The normalized spacial score (nSPS) is 13.5. The third-order valence-electron chi connectivity index (χ3n) is 11.7. The number of hydrogen-bond acceptors (Lipinski definition) is 3. The van der Waals surface area contributed by atoms with Crippen LogP contribution in [-0.4, -0.2) is 19.1 Å². The van der Waals surface area contributed by atoms with Crippen LogP contribution in [0.25, 0.3) is 97.9 Å². The number of aromatic nitrogens is 4. The minimum Gasteiger partial charge on any atom is -0.309 e. The maximum atomic E-state index is 5.55. The van der Waals surface area contributed by atoms with E-state index >= 15 is 0 Å². The van der Waals surface area contributed by atoms with E-state index in [0.29, 0.717) is 0 Å². The monoisotopic (exact) mass is 708 g/mol. The summed E-state index contributed by atoms with van der Waals surface area (Å²) in [6.45, 7) is 4.72. The summed E-state index contributed by atoms with van der Waals surface area (Å²) in [5.74, 6) is 0.729. The summed E-state index contributed by atoms with van der Waals surface area (Å²) in [5.41, 5.74) is 13.5. The Balaban J connectivity index is 1.14. The van der Waals surface area contributed by atoms with E-state index in [2.05, 4.69) is 181 Å². The highest BCUT2D eigenvalue weighted by Crippen LogP contribution is 2.52. The second-order valence-electron chi connectivity index (χ2n) is 15.0. The maximum absolute atomic E-state index is 5.55. The van der Waals surface area contributed by atoms with E-state index < -0.39 is 0 Å². The van der Waals surface area contributed by atoms with Gasteiger partial charge in [0.1, 0.15) is 0 Å². The van der Waals surface area contributed by atoms with Crippen LogP contribution in [0, 0.1) is 0 Å². The van der Waals surface area contributed by atoms with Crippen molar-refractivity contribution >= 4 is 75.3 Å². The van der Waals surface area contributed by atoms with Crippen LogP contribution in [0.1, 0.15) is 25.0 Å². The van der Waals surface area contributed by atoms with Gasteiger partial charge in [-0.05, 0) is 53.6 Å². The fourth-order valence-corrected chi connectivity index (χ4v) is 10.5. The van der Waals surface area contributed by atoms with Crippen molar-refractivity contribution in [2.45, 2.75) is 19.3 Å². The van der Waals surface area contributed by atoms with Crippen LogP contribution in [0.4, 0.5) is 0 Å². The van der Waals surface area contributed by atoms with Gasteiger partial charge in [0.25, 0.3) is 0 Å². The number of hydrogen-bond donors (Lipinski definition) is 0. The lowest BCUT2D eigenvalue weighted by molar-refractivity contribution is 0.630. The molecular formula is C49H32N4S. The second-order valence-corrected chi connectivity index (χ2v) is 16.0. The average Bonchev–Trinajstić information content (AvgIpc) is 3.87. The van der Waals surface area contributed by atoms with Gasteiger partial charge in [0, 0.05) is 53.9 Å². The highest BCUT2D eigenvalue weighted by molar-refractivity contribution is 7.26. The number of para-hydroxylation sites is 5. The minimum absolute atomic E-state index is 0.229. The van der Waals surface area contributed by atoms with E-state index in [-0.39, 0.29) is 5.41 Å². The van der Waals surface area contributed by atoms with Gasteiger partial charge in [-0.15, -0.1) is 11.3 Å². The zero-order valence-electron chi connectivity index (χ0n) is 29.7. The topological polar surface area (TPSA) is 35.6 Å². The van der Waals surface area contributed by atoms with Gasteiger partial charge in [-0.1, -0.05) is 129 Å². The largest absolute Gasteiger partial charge is 0.309 e. The first-order valence-electron chi connectivity index (χ1n) is 18.5. The molecule has 54 heavy (non-hydrogen) atoms. The Morgan fingerprint density at radius 3 is 1.98 bits per heavy atom. The molecule has 0 spiro atoms. The molecule has 0 bridgehead atoms. The molecule has 5 heteroatoms. The number of fused-ring (bicyclic) bond motifs is 11. The summed E-state index contributed by atoms with van der Waals surface area (Å²) in [5, 5.41) is 6.11. The minimum atomic E-state index is -0.229. The molecular weight excluding hydrogens is 677 g/mol. The van der Waals surface area contributed by atoms with Crippen molar-refractivity contribution in [1.82, 2.24) is 19.1 Å². The smallest absolute Gasteiger partial charge is 0.162 e. The maximum Gasteiger partial charge on any atom is 0.162 e. The lowest BCUT2D eigenvalue weighted by Gasteiger charge is -2.35. The fourth-order valence-electron chi connectivity index (χ4n) is 9.27. The van der Waals surface area contributed by atoms with Crippen molar-refractivity contribution in [3.63, 3.8) is 0 Å². The summed E-state index contributed by atoms with van der Waals surface area (Å²) in [6, 6.07) is 57.0. The highest BCUT2D eigenvalue weighted by Gasteiger charge is 2.37. The van der Waals surface area contributed by atoms with Gasteiger partial charge < -0.3 is 9.13 Å². The molecule has 0 unspecified atom stereocenters. The van der Waals surface area contributed by atoms with Crippen molar-refractivity contribution in [2.75, 3.05) is 0 Å². The molecule has 1 aliphatic rings. The van der Waals surface area contributed by atoms with E-state index in [1.165, 1.54) is 69.8 Å². The zero-order valence-corrected chi connectivity index (χ0v) is 30.5. The molecule has 0 radical (unpaired) electrons. The summed E-state index contributed by atoms with van der Waals surface area (Å²) < 4.78 is 7.54. The molecule has 0 atom stereocenters. The lowest BCUT2D eigenvalue weighted by Crippen LogP contribution is -2.26. The highest BCUT2D eigenvalue weighted by atomic mass is 32.1. The Morgan fingerprint density at radius 1 is 0.519 bits per heavy atom. The van der Waals surface area contributed by atoms with Crippen molar-refractivity contribution in [2.24, 2.45) is 0 Å². The van der Waals surface area contributed by atoms with Crippen molar-refractivity contribution < 1.29 is 0 Å². The van der Waals surface area contributed by atoms with Gasteiger partial charge in [-0.25, -0.2) is 9.97 Å². The molecule has 0 fully saturated rings. The van der Waals surface area contributed by atoms with E-state index in [0.717, 1.165) is 39.2 Å². The fraction of sp³-hybridized carbons (Fsp3) is 0.0612. The summed E-state index contributed by atoms with van der Waals surface area (Å²) in [4.78, 5) is 10.9. The molecule has 1 aliphatic heterocycles. The van der Waals surface area contributed by atoms with Crippen LogP contribution >= 0.6 is 11.3 Å². The molecule has 0 saturated carbocycles. The Labute approximate surface area is 315 Å². The van der Waals surface area contributed by atoms with Gasteiger partial charge in [0.2, 0.25) is 0 Å². The Kier molecular flexibility index (Phi) is 5.96. The van der Waals surface area contributed by atoms with Crippen LogP contribution in [0.5, 0.6) is 0 Å². The van der Waals surface area contributed by atoms with Gasteiger partial charge in [0.05, 0.1) is 43.7 Å². The molecule has 4 nitrogen and oxygen atoms in total. The summed E-state index contributed by atoms with van der Waals surface area (Å²) in [7, 11) is 0. The average molecular weight is 709 g/mol. The molecule has 0 amide bonds. The van der Waals surface area contributed by atoms with Gasteiger partial charge >= 0.3 is 0 Å². The molecule has 11 aromatic rings. The zero-order chi connectivity index (χ0) is 35.7. The Bertz CT molecular complexity index is 3320. The molecule has 4 aromatic heterocycles. The quantitative estimate of drug-likeness (QED) is 0.183. The van der Waals surface area contributed by atoms with E-state index in [4.69, 9.17) is 9.97 Å². The van der Waals surface area contributed by atoms with Crippen molar-refractivity contribution in [3.8, 4) is 34.0 Å². The first-order chi connectivity index (χ1) is 26.6. The number of nitrogens with zero attached hydrogens (tertiary/aromatic N) is 4. The van der Waals surface area contributed by atoms with Crippen molar-refractivity contribution in [3.05, 3.63) is 169 Å². The van der Waals surface area contributed by atoms with Gasteiger partial charge in [-0.2, -0.15) is 0 Å². The predicted octanol–water partition coefficient (Wildman–Crippen LogP) is 13.0. The molecule has 7 aromatic carbocycles. The number of thiophene rings is 1. The van der Waals surface area contributed by atoms with Crippen LogP contribution in [0.3, 0.4) is 0 Å². The molecule has 5 heterocycles. The molecule has 12 rings (SSSR count). The third kappa shape index (κ3) is 3.91. The first kappa shape index (κ1) is 30.0.